The van der Waals surface area contributed by atoms with E-state index >= 15 is 0 Å². The molecule has 2 unspecified atom stereocenters. The van der Waals surface area contributed by atoms with Crippen LogP contribution in [-0.2, 0) is 103 Å². The fourth-order valence-corrected chi connectivity index (χ4v) is 18.8. The third-order valence-electron chi connectivity index (χ3n) is 25.3. The van der Waals surface area contributed by atoms with Crippen LogP contribution < -0.4 is 0 Å². The van der Waals surface area contributed by atoms with E-state index in [1.807, 2.05) is 6.92 Å². The molecule has 782 valence electrons. The molecule has 33 atom stereocenters. The Labute approximate surface area is 803 Å². The number of esters is 1. The van der Waals surface area contributed by atoms with Gasteiger partial charge in [0.1, 0.15) is 122 Å². The fourth-order valence-electron chi connectivity index (χ4n) is 16.6. The normalized spacial score (nSPS) is 36.2. The molecule has 137 heavy (non-hydrogen) atoms. The lowest BCUT2D eigenvalue weighted by molar-refractivity contribution is -0.401. The highest BCUT2D eigenvalue weighted by atomic mass is 31.3. The molecule has 41 heteroatoms. The highest BCUT2D eigenvalue weighted by Crippen LogP contribution is 2.62. The van der Waals surface area contributed by atoms with E-state index in [0.717, 1.165) is 135 Å². The topological polar surface area (TPSA) is 586 Å². The molecule has 0 spiro atoms. The second-order valence-electron chi connectivity index (χ2n) is 37.2. The van der Waals surface area contributed by atoms with E-state index in [4.69, 9.17) is 75.4 Å². The maximum absolute atomic E-state index is 13.4. The van der Waals surface area contributed by atoms with Crippen molar-refractivity contribution in [2.75, 3.05) is 26.4 Å². The van der Waals surface area contributed by atoms with Gasteiger partial charge in [0.2, 0.25) is 0 Å². The van der Waals surface area contributed by atoms with Gasteiger partial charge in [-0.1, -0.05) is 128 Å². The summed E-state index contributed by atoms with van der Waals surface area (Å²) >= 11 is 0. The first-order valence-electron chi connectivity index (χ1n) is 47.3. The molecular weight excluding hydrogens is 1840 g/mol. The average Bonchev–Trinajstić information content (AvgIpc) is 0.782. The van der Waals surface area contributed by atoms with Crippen molar-refractivity contribution >= 4 is 33.6 Å². The third kappa shape index (κ3) is 36.8. The van der Waals surface area contributed by atoms with Crippen LogP contribution in [-0.4, -0.2) is 321 Å². The molecule has 0 aromatic carbocycles. The van der Waals surface area contributed by atoms with Crippen molar-refractivity contribution in [2.24, 2.45) is 0 Å². The minimum absolute atomic E-state index is 0.453. The first-order chi connectivity index (χ1) is 64.5. The number of carbonyl (C=O) groups is 3. The van der Waals surface area contributed by atoms with Gasteiger partial charge in [-0.25, -0.2) is 18.7 Å². The Morgan fingerprint density at radius 2 is 0.693 bits per heavy atom. The van der Waals surface area contributed by atoms with Gasteiger partial charge in [-0.15, -0.1) is 0 Å². The Balaban J connectivity index is 0.803. The van der Waals surface area contributed by atoms with E-state index in [9.17, 15) is 110 Å². The lowest BCUT2D eigenvalue weighted by atomic mass is 9.95. The van der Waals surface area contributed by atoms with Crippen molar-refractivity contribution in [2.45, 2.75) is 429 Å². The highest BCUT2D eigenvalue weighted by molar-refractivity contribution is 7.61. The summed E-state index contributed by atoms with van der Waals surface area (Å²) in [5, 5.41) is 166. The molecule has 7 heterocycles. The molecule has 0 amide bonds. The number of rotatable bonds is 52. The van der Waals surface area contributed by atoms with Gasteiger partial charge in [0.15, 0.2) is 49.9 Å². The predicted octanol–water partition coefficient (Wildman–Crippen LogP) is 8.97. The van der Waals surface area contributed by atoms with Crippen LogP contribution in [0.25, 0.3) is 0 Å². The van der Waals surface area contributed by atoms with Crippen LogP contribution in [0.5, 0.6) is 0 Å². The quantitative estimate of drug-likeness (QED) is 0.0153. The Morgan fingerprint density at radius 3 is 1.09 bits per heavy atom. The number of phosphoric ester groups is 2. The molecule has 0 bridgehead atoms. The fraction of sp³-hybridized carbons (Fsp3) is 0.740. The lowest BCUT2D eigenvalue weighted by Crippen LogP contribution is -2.69. The summed E-state index contributed by atoms with van der Waals surface area (Å²) < 4.78 is 120. The number of carbonyl (C=O) groups excluding carboxylic acids is 1. The first kappa shape index (κ1) is 119. The van der Waals surface area contributed by atoms with E-state index < -0.39 is 250 Å². The first-order valence-corrected chi connectivity index (χ1v) is 50.2. The summed E-state index contributed by atoms with van der Waals surface area (Å²) in [5.41, 5.74) is 14.5. The van der Waals surface area contributed by atoms with Crippen molar-refractivity contribution in [3.63, 3.8) is 0 Å². The molecule has 39 nitrogen and oxygen atoms in total. The number of carboxylic acid groups (broad SMARTS) is 2. The van der Waals surface area contributed by atoms with Crippen LogP contribution in [0.3, 0.4) is 0 Å². The number of ether oxygens (including phenoxy) is 14. The van der Waals surface area contributed by atoms with Gasteiger partial charge in [-0.3, -0.25) is 13.8 Å². The van der Waals surface area contributed by atoms with Gasteiger partial charge in [0, 0.05) is 13.8 Å². The maximum Gasteiger partial charge on any atom is 0.483 e. The minimum Gasteiger partial charge on any atom is -0.479 e. The van der Waals surface area contributed by atoms with Gasteiger partial charge in [-0.05, 0) is 225 Å². The molecule has 7 rings (SSSR count). The van der Waals surface area contributed by atoms with Gasteiger partial charge in [0.25, 0.3) is 5.79 Å². The molecule has 0 aromatic heterocycles. The maximum atomic E-state index is 13.4. The van der Waals surface area contributed by atoms with Gasteiger partial charge in [-0.2, -0.15) is 4.31 Å². The molecule has 0 radical (unpaired) electrons. The minimum atomic E-state index is -5.84. The Morgan fingerprint density at radius 1 is 0.372 bits per heavy atom. The Hall–Kier alpha value is -5.23. The lowest BCUT2D eigenvalue weighted by Gasteiger charge is -2.50. The molecule has 0 aromatic rings. The SMILES string of the molecule is C/C=C(/C)CC/C=C(/C)CC/C=C(/C)CC/C=C(/C)CC/C=C(/C)CC/C=C(/C)CC/C=C(/C)CC/C=C(/C)CC/C=C(\C)CC/C=C(\C)CC/C=C(\C)COP(=O)(O)OP(=O)(O)O[C@H]1O[C@@H](CO)[C@H](O)[C@@H](O[C@H]2O[C@H](C)[C@H](O[C@H]3O[C@@H](C)[C@@H](O[C@H]4O[C@@H](CO)[C@@H](O)[C@@H](O[C@H]5O[C@@H](C(=O)O)[C@H](O[C@@H]6O[C@@H]7CO[C@@](C)(C(=O)O)O[C@@H]7[C@H](O)[C@H]6O)[C@@H](O)[C@@H]5O)[C@@H]4O)[C@@H](O)[C@@H]3O)[C@H](OC(C)=O)[C@H]2O)[C@@H]1O. The smallest absolute Gasteiger partial charge is 0.479 e. The number of hydrogen-bond donors (Lipinski definition) is 17. The van der Waals surface area contributed by atoms with Crippen molar-refractivity contribution in [1.82, 2.24) is 0 Å². The molecule has 7 aliphatic heterocycles. The summed E-state index contributed by atoms with van der Waals surface area (Å²) in [7, 11) is -11.3. The molecule has 0 saturated carbocycles. The van der Waals surface area contributed by atoms with Gasteiger partial charge < -0.3 is 153 Å². The second-order valence-corrected chi connectivity index (χ2v) is 40.2. The van der Waals surface area contributed by atoms with Crippen LogP contribution in [0.1, 0.15) is 239 Å². The van der Waals surface area contributed by atoms with Crippen molar-refractivity contribution in [3.05, 3.63) is 128 Å². The summed E-state index contributed by atoms with van der Waals surface area (Å²) in [6, 6.07) is 0. The van der Waals surface area contributed by atoms with Crippen molar-refractivity contribution in [1.29, 1.82) is 0 Å². The van der Waals surface area contributed by atoms with Gasteiger partial charge in [0.05, 0.1) is 38.6 Å². The number of hydrogen-bond acceptors (Lipinski definition) is 35. The van der Waals surface area contributed by atoms with Gasteiger partial charge >= 0.3 is 33.6 Å². The molecule has 7 aliphatic rings. The molecule has 0 aliphatic carbocycles. The second kappa shape index (κ2) is 56.9. The number of fused-ring (bicyclic) bond motifs is 1. The molecule has 17 N–H and O–H groups in total. The summed E-state index contributed by atoms with van der Waals surface area (Å²) in [4.78, 5) is 58.6. The van der Waals surface area contributed by atoms with Crippen LogP contribution in [0.2, 0.25) is 0 Å². The monoisotopic (exact) mass is 1990 g/mol. The number of carboxylic acids is 2. The van der Waals surface area contributed by atoms with Crippen LogP contribution in [0, 0.1) is 0 Å². The number of aliphatic hydroxyl groups excluding tert-OH is 13. The largest absolute Gasteiger partial charge is 0.483 e. The van der Waals surface area contributed by atoms with E-state index in [1.54, 1.807) is 13.0 Å². The summed E-state index contributed by atoms with van der Waals surface area (Å²) in [6.45, 7) is 26.9. The van der Waals surface area contributed by atoms with E-state index in [0.29, 0.717) is 18.4 Å². The third-order valence-corrected chi connectivity index (χ3v) is 27.9. The Bertz CT molecular complexity index is 4270. The summed E-state index contributed by atoms with van der Waals surface area (Å²) in [6.07, 6.45) is -15.2. The number of aliphatic hydroxyl groups is 13. The van der Waals surface area contributed by atoms with Crippen molar-refractivity contribution < 1.29 is 190 Å². The van der Waals surface area contributed by atoms with Crippen LogP contribution in [0.4, 0.5) is 0 Å². The zero-order chi connectivity index (χ0) is 102. The molecule has 7 saturated heterocycles. The van der Waals surface area contributed by atoms with E-state index in [1.165, 1.54) is 64.0 Å². The number of phosphoric acid groups is 2. The number of aliphatic carboxylic acids is 2. The number of allylic oxidation sites excluding steroid dienone is 21. The van der Waals surface area contributed by atoms with Crippen LogP contribution >= 0.6 is 15.6 Å². The van der Waals surface area contributed by atoms with Crippen LogP contribution in [0.15, 0.2) is 128 Å². The predicted molar refractivity (Wildman–Crippen MR) is 495 cm³/mol. The zero-order valence-electron chi connectivity index (χ0n) is 81.6. The summed E-state index contributed by atoms with van der Waals surface area (Å²) in [5.74, 6) is -6.81. The van der Waals surface area contributed by atoms with E-state index in [-0.39, 0.29) is 0 Å². The standard InChI is InChI=1S/C96H154O39P2/c1-17-52(2)28-18-29-53(3)30-19-31-54(4)32-20-33-55(5)34-21-35-56(6)36-22-37-57(7)38-23-39-58(8)40-24-41-59(9)42-25-43-60(10)44-26-45-61(11)46-27-47-62(12)50-120-136(115,116)135-137(117,118)134-94-78(109)84(70(101)67(49-98)125-94)130-92-79(110)86(123-65(15)99)81(64(14)122-92)128-89-74(105)71(102)80(63(13)121-89)127-93-77(108)83(69(100)66(48-97)124-93)129-91-76(107)73(104)85(87(132-91)88(111)112)131-90-75(106)72(103)82-68(126-90)51-119-96(16,133-82)95(113)114/h17,29,31,33,35,37,39,41,43,45,47,63-64,66-87,89-94,97-98,100-110H,18-28,30,32,34,36,38,40,42,44,46,48-51H2,1-16H3,(H,111,112)(H,113,114)(H,115,116)(H,117,118)/b52-17-,53-29-,54-31-,55-33-,56-35-,57-37-,58-39-,59-41-,60-43+,61-45+,62-47+/t63-,64+,66-,67-,68+,69+,70-,71-,72+,73-,74-,75+,76-,77-,78-,79+,80+,81-,82-,83+,84+,85+,86+,87+,89+,90-,91-,92+,93+,94+,96+/m0/s1. The van der Waals surface area contributed by atoms with Crippen molar-refractivity contribution in [3.8, 4) is 0 Å². The molecular formula is C96H154O39P2. The average molecular weight is 1990 g/mol. The zero-order valence-corrected chi connectivity index (χ0v) is 83.4. The highest BCUT2D eigenvalue weighted by Gasteiger charge is 2.61. The molecule has 7 fully saturated rings. The Kier molecular flexibility index (Phi) is 49.3. The van der Waals surface area contributed by atoms with E-state index in [2.05, 4.69) is 134 Å².